The number of rotatable bonds is 9. The molecule has 3 atom stereocenters. The summed E-state index contributed by atoms with van der Waals surface area (Å²) < 4.78 is 17.8. The van der Waals surface area contributed by atoms with E-state index in [9.17, 15) is 9.59 Å². The number of likely N-dealkylation sites (tertiary alicyclic amines) is 1. The molecule has 0 saturated carbocycles. The number of nitrogens with zero attached hydrogens (tertiary/aromatic N) is 1. The normalized spacial score (nSPS) is 20.0. The number of ether oxygens (including phenoxy) is 2. The van der Waals surface area contributed by atoms with Crippen LogP contribution in [0.4, 0.5) is 4.79 Å². The number of carbonyl (C=O) groups is 2. The maximum Gasteiger partial charge on any atom is 0.410 e. The summed E-state index contributed by atoms with van der Waals surface area (Å²) in [7, 11) is -2.05. The second-order valence-electron chi connectivity index (χ2n) is 11.9. The Kier molecular flexibility index (Phi) is 9.96. The zero-order chi connectivity index (χ0) is 26.4. The number of hydrogen-bond acceptors (Lipinski definition) is 6. The quantitative estimate of drug-likeness (QED) is 0.352. The summed E-state index contributed by atoms with van der Waals surface area (Å²) in [6.45, 7) is 19.8. The fraction of sp³-hybridized carbons (Fsp3) is 0.704. The second kappa shape index (κ2) is 11.9. The van der Waals surface area contributed by atoms with Gasteiger partial charge in [0.25, 0.3) is 0 Å². The third kappa shape index (κ3) is 8.92. The predicted molar refractivity (Wildman–Crippen MR) is 142 cm³/mol. The van der Waals surface area contributed by atoms with Crippen molar-refractivity contribution in [3.8, 4) is 0 Å². The molecule has 1 aliphatic rings. The van der Waals surface area contributed by atoms with Gasteiger partial charge >= 0.3 is 12.1 Å². The molecule has 1 aliphatic heterocycles. The predicted octanol–water partition coefficient (Wildman–Crippen LogP) is 5.50. The lowest BCUT2D eigenvalue weighted by Crippen LogP contribution is -2.51. The van der Waals surface area contributed by atoms with Crippen molar-refractivity contribution in [1.29, 1.82) is 0 Å². The molecule has 1 amide bonds. The molecule has 7 nitrogen and oxygen atoms in total. The zero-order valence-electron chi connectivity index (χ0n) is 23.1. The minimum Gasteiger partial charge on any atom is -0.466 e. The molecule has 1 fully saturated rings. The summed E-state index contributed by atoms with van der Waals surface area (Å²) >= 11 is 0. The molecule has 0 aromatic heterocycles. The first-order chi connectivity index (χ1) is 16.1. The Morgan fingerprint density at radius 3 is 2.29 bits per heavy atom. The Hall–Kier alpha value is -1.90. The van der Waals surface area contributed by atoms with Crippen molar-refractivity contribution in [1.82, 2.24) is 10.2 Å². The summed E-state index contributed by atoms with van der Waals surface area (Å²) in [5, 5.41) is 3.59. The first kappa shape index (κ1) is 29.3. The summed E-state index contributed by atoms with van der Waals surface area (Å²) in [5.41, 5.74) is 0.492. The largest absolute Gasteiger partial charge is 0.466 e. The van der Waals surface area contributed by atoms with Crippen molar-refractivity contribution in [3.63, 3.8) is 0 Å². The number of esters is 1. The minimum atomic E-state index is -2.05. The van der Waals surface area contributed by atoms with E-state index in [-0.39, 0.29) is 41.7 Å². The zero-order valence-corrected chi connectivity index (χ0v) is 24.1. The summed E-state index contributed by atoms with van der Waals surface area (Å²) in [6, 6.07) is 9.48. The van der Waals surface area contributed by atoms with Crippen LogP contribution in [-0.4, -0.2) is 62.2 Å². The van der Waals surface area contributed by atoms with Gasteiger partial charge in [-0.1, -0.05) is 51.1 Å². The van der Waals surface area contributed by atoms with Crippen molar-refractivity contribution >= 4 is 20.4 Å². The SMILES string of the molecule is CCOC(=O)CC(NCc1ccccc1)[C@@H]1C[C@@H](O[Si](C)(C)C(C)(C)C)CN1C(=O)OC(C)(C)C. The summed E-state index contributed by atoms with van der Waals surface area (Å²) in [4.78, 5) is 27.6. The number of benzene rings is 1. The molecule has 0 bridgehead atoms. The van der Waals surface area contributed by atoms with Gasteiger partial charge in [-0.25, -0.2) is 4.79 Å². The van der Waals surface area contributed by atoms with E-state index in [1.165, 1.54) is 0 Å². The van der Waals surface area contributed by atoms with Crippen LogP contribution in [-0.2, 0) is 25.2 Å². The first-order valence-electron chi connectivity index (χ1n) is 12.7. The van der Waals surface area contributed by atoms with Crippen LogP contribution in [0, 0.1) is 0 Å². The number of amides is 1. The van der Waals surface area contributed by atoms with Crippen LogP contribution in [0.1, 0.15) is 66.9 Å². The molecule has 1 saturated heterocycles. The van der Waals surface area contributed by atoms with E-state index in [1.807, 2.05) is 51.1 Å². The van der Waals surface area contributed by atoms with Crippen LogP contribution in [0.3, 0.4) is 0 Å². The average Bonchev–Trinajstić information content (AvgIpc) is 3.13. The third-order valence-corrected chi connectivity index (χ3v) is 11.3. The molecule has 2 rings (SSSR count). The molecule has 198 valence electrons. The van der Waals surface area contributed by atoms with Crippen molar-refractivity contribution in [2.45, 2.75) is 110 Å². The third-order valence-electron chi connectivity index (χ3n) is 6.77. The molecular formula is C27H46N2O5Si. The van der Waals surface area contributed by atoms with Crippen LogP contribution in [0.2, 0.25) is 18.1 Å². The van der Waals surface area contributed by atoms with Crippen molar-refractivity contribution in [2.75, 3.05) is 13.2 Å². The monoisotopic (exact) mass is 506 g/mol. The van der Waals surface area contributed by atoms with E-state index in [2.05, 4.69) is 39.2 Å². The minimum absolute atomic E-state index is 0.0533. The van der Waals surface area contributed by atoms with Crippen molar-refractivity contribution < 1.29 is 23.5 Å². The fourth-order valence-corrected chi connectivity index (χ4v) is 5.36. The number of hydrogen-bond donors (Lipinski definition) is 1. The van der Waals surface area contributed by atoms with Gasteiger partial charge in [0, 0.05) is 19.1 Å². The Morgan fingerprint density at radius 2 is 1.74 bits per heavy atom. The number of nitrogens with one attached hydrogen (secondary N) is 1. The molecule has 1 heterocycles. The molecule has 1 N–H and O–H groups in total. The maximum absolute atomic E-state index is 13.3. The highest BCUT2D eigenvalue weighted by Gasteiger charge is 2.46. The van der Waals surface area contributed by atoms with Crippen LogP contribution >= 0.6 is 0 Å². The molecule has 0 aliphatic carbocycles. The molecule has 35 heavy (non-hydrogen) atoms. The highest BCUT2D eigenvalue weighted by molar-refractivity contribution is 6.74. The molecule has 1 aromatic rings. The standard InChI is InChI=1S/C27H46N2O5Si/c1-10-32-24(30)17-22(28-18-20-14-12-11-13-15-20)23-16-21(34-35(8,9)27(5,6)7)19-29(23)25(31)33-26(2,3)4/h11-15,21-23,28H,10,16-19H2,1-9H3/t21-,22?,23+/m1/s1. The molecule has 0 spiro atoms. The van der Waals surface area contributed by atoms with Crippen LogP contribution < -0.4 is 5.32 Å². The fourth-order valence-electron chi connectivity index (χ4n) is 4.01. The van der Waals surface area contributed by atoms with Gasteiger partial charge in [0.2, 0.25) is 0 Å². The van der Waals surface area contributed by atoms with Gasteiger partial charge in [-0.2, -0.15) is 0 Å². The van der Waals surface area contributed by atoms with Gasteiger partial charge in [-0.3, -0.25) is 4.79 Å². The first-order valence-corrected chi connectivity index (χ1v) is 15.6. The molecular weight excluding hydrogens is 460 g/mol. The Bertz CT molecular complexity index is 832. The van der Waals surface area contributed by atoms with Crippen LogP contribution in [0.15, 0.2) is 30.3 Å². The summed E-state index contributed by atoms with van der Waals surface area (Å²) in [6.07, 6.45) is 0.311. The highest BCUT2D eigenvalue weighted by Crippen LogP contribution is 2.39. The molecule has 8 heteroatoms. The van der Waals surface area contributed by atoms with Crippen molar-refractivity contribution in [2.24, 2.45) is 0 Å². The second-order valence-corrected chi connectivity index (χ2v) is 16.7. The van der Waals surface area contributed by atoms with E-state index >= 15 is 0 Å². The van der Waals surface area contributed by atoms with Gasteiger partial charge in [0.15, 0.2) is 8.32 Å². The lowest BCUT2D eigenvalue weighted by Gasteiger charge is -2.38. The van der Waals surface area contributed by atoms with Crippen LogP contribution in [0.25, 0.3) is 0 Å². The summed E-state index contributed by atoms with van der Waals surface area (Å²) in [5.74, 6) is -0.282. The van der Waals surface area contributed by atoms with Gasteiger partial charge in [0.05, 0.1) is 25.2 Å². The van der Waals surface area contributed by atoms with Gasteiger partial charge in [-0.05, 0) is 57.8 Å². The van der Waals surface area contributed by atoms with Gasteiger partial charge in [0.1, 0.15) is 5.60 Å². The maximum atomic E-state index is 13.3. The Labute approximate surface area is 213 Å². The van der Waals surface area contributed by atoms with E-state index < -0.39 is 13.9 Å². The molecule has 0 radical (unpaired) electrons. The molecule has 1 unspecified atom stereocenters. The van der Waals surface area contributed by atoms with Gasteiger partial charge < -0.3 is 24.1 Å². The van der Waals surface area contributed by atoms with Crippen molar-refractivity contribution in [3.05, 3.63) is 35.9 Å². The van der Waals surface area contributed by atoms with E-state index in [0.717, 1.165) is 5.56 Å². The average molecular weight is 507 g/mol. The smallest absolute Gasteiger partial charge is 0.410 e. The topological polar surface area (TPSA) is 77.1 Å². The van der Waals surface area contributed by atoms with E-state index in [1.54, 1.807) is 11.8 Å². The van der Waals surface area contributed by atoms with Crippen LogP contribution in [0.5, 0.6) is 0 Å². The molecule has 1 aromatic carbocycles. The van der Waals surface area contributed by atoms with E-state index in [4.69, 9.17) is 13.9 Å². The highest BCUT2D eigenvalue weighted by atomic mass is 28.4. The van der Waals surface area contributed by atoms with E-state index in [0.29, 0.717) is 26.1 Å². The van der Waals surface area contributed by atoms with Gasteiger partial charge in [-0.15, -0.1) is 0 Å². The number of carbonyl (C=O) groups excluding carboxylic acids is 2. The Balaban J connectivity index is 2.31. The lowest BCUT2D eigenvalue weighted by atomic mass is 10.0. The Morgan fingerprint density at radius 1 is 1.11 bits per heavy atom. The lowest BCUT2D eigenvalue weighted by molar-refractivity contribution is -0.144.